The number of hydrogen-bond donors (Lipinski definition) is 2. The maximum Gasteiger partial charge on any atom is 0.323 e. The molecule has 0 bridgehead atoms. The summed E-state index contributed by atoms with van der Waals surface area (Å²) in [5.41, 5.74) is 1.59. The standard InChI is InChI=1S/C14H12ClN3O2/c1-9(19)10-4-6-11(7-5-10)17-14(20)18-12-3-2-8-16-13(12)15/h2-8H,1H3,(H2,17,18,20). The van der Waals surface area contributed by atoms with Gasteiger partial charge in [-0.1, -0.05) is 11.6 Å². The largest absolute Gasteiger partial charge is 0.323 e. The average Bonchev–Trinajstić information content (AvgIpc) is 2.42. The molecule has 6 heteroatoms. The van der Waals surface area contributed by atoms with Crippen LogP contribution in [0, 0.1) is 0 Å². The number of nitrogens with zero attached hydrogens (tertiary/aromatic N) is 1. The minimum absolute atomic E-state index is 0.0249. The van der Waals surface area contributed by atoms with Crippen LogP contribution in [0.15, 0.2) is 42.6 Å². The van der Waals surface area contributed by atoms with Crippen LogP contribution in [0.25, 0.3) is 0 Å². The number of carbonyl (C=O) groups excluding carboxylic acids is 2. The Kier molecular flexibility index (Phi) is 4.32. The molecule has 2 N–H and O–H groups in total. The van der Waals surface area contributed by atoms with Crippen LogP contribution < -0.4 is 10.6 Å². The molecule has 1 heterocycles. The third-order valence-electron chi connectivity index (χ3n) is 2.56. The number of hydrogen-bond acceptors (Lipinski definition) is 3. The van der Waals surface area contributed by atoms with Crippen molar-refractivity contribution in [3.8, 4) is 0 Å². The van der Waals surface area contributed by atoms with Crippen molar-refractivity contribution < 1.29 is 9.59 Å². The first-order chi connectivity index (χ1) is 9.56. The molecule has 20 heavy (non-hydrogen) atoms. The van der Waals surface area contributed by atoms with E-state index in [0.29, 0.717) is 16.9 Å². The van der Waals surface area contributed by atoms with Crippen molar-refractivity contribution in [1.82, 2.24) is 4.98 Å². The number of nitrogens with one attached hydrogen (secondary N) is 2. The van der Waals surface area contributed by atoms with E-state index < -0.39 is 6.03 Å². The number of carbonyl (C=O) groups is 2. The average molecular weight is 290 g/mol. The van der Waals surface area contributed by atoms with E-state index in [1.807, 2.05) is 0 Å². The quantitative estimate of drug-likeness (QED) is 0.670. The van der Waals surface area contributed by atoms with Gasteiger partial charge in [0, 0.05) is 17.4 Å². The summed E-state index contributed by atoms with van der Waals surface area (Å²) in [4.78, 5) is 26.8. The molecule has 0 fully saturated rings. The zero-order chi connectivity index (χ0) is 14.5. The molecule has 0 aliphatic carbocycles. The predicted molar refractivity (Wildman–Crippen MR) is 78.3 cm³/mol. The number of anilines is 2. The fourth-order valence-corrected chi connectivity index (χ4v) is 1.72. The summed E-state index contributed by atoms with van der Waals surface area (Å²) in [7, 11) is 0. The van der Waals surface area contributed by atoms with Crippen LogP contribution >= 0.6 is 11.6 Å². The van der Waals surface area contributed by atoms with Gasteiger partial charge in [-0.15, -0.1) is 0 Å². The molecule has 0 saturated heterocycles. The summed E-state index contributed by atoms with van der Waals surface area (Å²) in [6.07, 6.45) is 1.53. The molecular weight excluding hydrogens is 278 g/mol. The van der Waals surface area contributed by atoms with Gasteiger partial charge < -0.3 is 10.6 Å². The Hall–Kier alpha value is -2.40. The Morgan fingerprint density at radius 1 is 1.10 bits per heavy atom. The van der Waals surface area contributed by atoms with E-state index >= 15 is 0 Å². The second-order valence-corrected chi connectivity index (χ2v) is 4.41. The first-order valence-corrected chi connectivity index (χ1v) is 6.23. The summed E-state index contributed by atoms with van der Waals surface area (Å²) in [6, 6.07) is 9.49. The van der Waals surface area contributed by atoms with Crippen LogP contribution in [-0.4, -0.2) is 16.8 Å². The molecule has 0 atom stereocenters. The number of amides is 2. The smallest absolute Gasteiger partial charge is 0.308 e. The molecule has 0 radical (unpaired) electrons. The van der Waals surface area contributed by atoms with Gasteiger partial charge in [0.15, 0.2) is 10.9 Å². The molecule has 2 amide bonds. The maximum atomic E-state index is 11.8. The maximum absolute atomic E-state index is 11.8. The monoisotopic (exact) mass is 289 g/mol. The Bertz CT molecular complexity index is 641. The van der Waals surface area contributed by atoms with Crippen molar-refractivity contribution in [3.63, 3.8) is 0 Å². The molecule has 102 valence electrons. The van der Waals surface area contributed by atoms with Crippen LogP contribution in [0.1, 0.15) is 17.3 Å². The summed E-state index contributed by atoms with van der Waals surface area (Å²) in [5.74, 6) is -0.0249. The molecule has 0 aliphatic rings. The van der Waals surface area contributed by atoms with Gasteiger partial charge in [0.2, 0.25) is 0 Å². The topological polar surface area (TPSA) is 71.1 Å². The van der Waals surface area contributed by atoms with Gasteiger partial charge in [-0.05, 0) is 43.3 Å². The number of Topliss-reactive ketones (excluding diaryl/α,β-unsaturated/α-hetero) is 1. The van der Waals surface area contributed by atoms with Crippen molar-refractivity contribution in [2.45, 2.75) is 6.92 Å². The summed E-state index contributed by atoms with van der Waals surface area (Å²) < 4.78 is 0. The Labute approximate surface area is 121 Å². The van der Waals surface area contributed by atoms with Crippen LogP contribution in [0.3, 0.4) is 0 Å². The number of rotatable bonds is 3. The van der Waals surface area contributed by atoms with E-state index in [-0.39, 0.29) is 10.9 Å². The minimum atomic E-state index is -0.435. The first-order valence-electron chi connectivity index (χ1n) is 5.86. The number of urea groups is 1. The second kappa shape index (κ2) is 6.16. The SMILES string of the molecule is CC(=O)c1ccc(NC(=O)Nc2cccnc2Cl)cc1. The minimum Gasteiger partial charge on any atom is -0.308 e. The van der Waals surface area contributed by atoms with Gasteiger partial charge in [0.25, 0.3) is 0 Å². The van der Waals surface area contributed by atoms with E-state index in [9.17, 15) is 9.59 Å². The zero-order valence-electron chi connectivity index (χ0n) is 10.7. The summed E-state index contributed by atoms with van der Waals surface area (Å²) in [5, 5.41) is 5.44. The highest BCUT2D eigenvalue weighted by Crippen LogP contribution is 2.18. The predicted octanol–water partition coefficient (Wildman–Crippen LogP) is 3.58. The van der Waals surface area contributed by atoms with E-state index in [4.69, 9.17) is 11.6 Å². The lowest BCUT2D eigenvalue weighted by Crippen LogP contribution is -2.19. The molecule has 0 unspecified atom stereocenters. The number of benzene rings is 1. The van der Waals surface area contributed by atoms with Crippen molar-refractivity contribution in [1.29, 1.82) is 0 Å². The van der Waals surface area contributed by atoms with Gasteiger partial charge in [-0.3, -0.25) is 4.79 Å². The summed E-state index contributed by atoms with van der Waals surface area (Å²) in [6.45, 7) is 1.49. The number of ketones is 1. The lowest BCUT2D eigenvalue weighted by molar-refractivity contribution is 0.101. The Balaban J connectivity index is 2.01. The number of pyridine rings is 1. The van der Waals surface area contributed by atoms with Crippen LogP contribution in [0.2, 0.25) is 5.15 Å². The molecule has 1 aromatic heterocycles. The third kappa shape index (κ3) is 3.55. The number of aromatic nitrogens is 1. The molecule has 1 aromatic carbocycles. The van der Waals surface area contributed by atoms with E-state index in [1.54, 1.807) is 36.4 Å². The van der Waals surface area contributed by atoms with Gasteiger partial charge in [0.1, 0.15) is 0 Å². The van der Waals surface area contributed by atoms with Crippen LogP contribution in [-0.2, 0) is 0 Å². The normalized spacial score (nSPS) is 9.90. The van der Waals surface area contributed by atoms with Crippen molar-refractivity contribution in [2.24, 2.45) is 0 Å². The van der Waals surface area contributed by atoms with Crippen molar-refractivity contribution >= 4 is 34.8 Å². The lowest BCUT2D eigenvalue weighted by Gasteiger charge is -2.08. The van der Waals surface area contributed by atoms with Gasteiger partial charge in [-0.2, -0.15) is 0 Å². The van der Waals surface area contributed by atoms with Gasteiger partial charge in [-0.25, -0.2) is 9.78 Å². The molecule has 0 spiro atoms. The third-order valence-corrected chi connectivity index (χ3v) is 2.86. The second-order valence-electron chi connectivity index (χ2n) is 4.05. The highest BCUT2D eigenvalue weighted by Gasteiger charge is 2.06. The fourth-order valence-electron chi connectivity index (χ4n) is 1.55. The van der Waals surface area contributed by atoms with Gasteiger partial charge in [0.05, 0.1) is 5.69 Å². The zero-order valence-corrected chi connectivity index (χ0v) is 11.4. The van der Waals surface area contributed by atoms with Gasteiger partial charge >= 0.3 is 6.03 Å². The highest BCUT2D eigenvalue weighted by molar-refractivity contribution is 6.32. The van der Waals surface area contributed by atoms with E-state index in [0.717, 1.165) is 0 Å². The number of halogens is 1. The van der Waals surface area contributed by atoms with Crippen LogP contribution in [0.5, 0.6) is 0 Å². The Morgan fingerprint density at radius 3 is 2.40 bits per heavy atom. The van der Waals surface area contributed by atoms with E-state index in [2.05, 4.69) is 15.6 Å². The molecular formula is C14H12ClN3O2. The van der Waals surface area contributed by atoms with Crippen molar-refractivity contribution in [3.05, 3.63) is 53.3 Å². The molecule has 2 aromatic rings. The summed E-state index contributed by atoms with van der Waals surface area (Å²) >= 11 is 5.84. The first kappa shape index (κ1) is 14.0. The molecule has 2 rings (SSSR count). The fraction of sp³-hybridized carbons (Fsp3) is 0.0714. The Morgan fingerprint density at radius 2 is 1.80 bits per heavy atom. The molecule has 5 nitrogen and oxygen atoms in total. The molecule has 0 saturated carbocycles. The lowest BCUT2D eigenvalue weighted by atomic mass is 10.1. The van der Waals surface area contributed by atoms with Crippen LogP contribution in [0.4, 0.5) is 16.2 Å². The highest BCUT2D eigenvalue weighted by atomic mass is 35.5. The van der Waals surface area contributed by atoms with Crippen molar-refractivity contribution in [2.75, 3.05) is 10.6 Å². The van der Waals surface area contributed by atoms with E-state index in [1.165, 1.54) is 13.1 Å². The molecule has 0 aliphatic heterocycles.